The monoisotopic (exact) mass is 156 g/mol. The Balaban J connectivity index is 2.64. The zero-order valence-electron chi connectivity index (χ0n) is 6.25. The van der Waals surface area contributed by atoms with Crippen molar-refractivity contribution < 1.29 is 13.9 Å². The fourth-order valence-electron chi connectivity index (χ4n) is 0.566. The Morgan fingerprint density at radius 3 is 3.00 bits per heavy atom. The number of amides is 1. The molecular weight excluding hydrogens is 148 g/mol. The number of aryl methyl sites for hydroxylation is 1. The first-order valence-electron chi connectivity index (χ1n) is 2.99. The lowest BCUT2D eigenvalue weighted by molar-refractivity contribution is 0.186. The van der Waals surface area contributed by atoms with E-state index in [9.17, 15) is 4.79 Å². The molecule has 60 valence electrons. The van der Waals surface area contributed by atoms with Crippen LogP contribution < -0.4 is 5.32 Å². The second kappa shape index (κ2) is 3.05. The highest BCUT2D eigenvalue weighted by Gasteiger charge is 2.06. The van der Waals surface area contributed by atoms with Crippen LogP contribution in [0.3, 0.4) is 0 Å². The van der Waals surface area contributed by atoms with Gasteiger partial charge in [0.05, 0.1) is 7.11 Å². The van der Waals surface area contributed by atoms with E-state index >= 15 is 0 Å². The molecule has 1 amide bonds. The average Bonchev–Trinajstić information content (AvgIpc) is 2.37. The molecule has 0 atom stereocenters. The zero-order valence-corrected chi connectivity index (χ0v) is 6.25. The summed E-state index contributed by atoms with van der Waals surface area (Å²) in [5.74, 6) is 0.317. The van der Waals surface area contributed by atoms with E-state index in [-0.39, 0.29) is 0 Å². The summed E-state index contributed by atoms with van der Waals surface area (Å²) in [6.07, 6.45) is 0.686. The van der Waals surface area contributed by atoms with Crippen molar-refractivity contribution in [1.29, 1.82) is 0 Å². The molecule has 0 saturated heterocycles. The normalized spacial score (nSPS) is 9.27. The molecule has 0 bridgehead atoms. The molecule has 5 nitrogen and oxygen atoms in total. The molecule has 0 radical (unpaired) electrons. The van der Waals surface area contributed by atoms with E-state index in [0.717, 1.165) is 0 Å². The van der Waals surface area contributed by atoms with Crippen LogP contribution in [-0.2, 0) is 4.74 Å². The predicted octanol–water partition coefficient (Wildman–Crippen LogP) is 1.16. The molecule has 1 rings (SSSR count). The first-order chi connectivity index (χ1) is 5.24. The fourth-order valence-corrected chi connectivity index (χ4v) is 0.566. The van der Waals surface area contributed by atoms with E-state index in [4.69, 9.17) is 4.42 Å². The second-order valence-corrected chi connectivity index (χ2v) is 1.88. The third-order valence-electron chi connectivity index (χ3n) is 1.15. The summed E-state index contributed by atoms with van der Waals surface area (Å²) in [5.41, 5.74) is 0.621. The number of ether oxygens (including phenoxy) is 1. The molecule has 1 aromatic heterocycles. The number of hydrogen-bond acceptors (Lipinski definition) is 4. The first kappa shape index (κ1) is 7.59. The first-order valence-corrected chi connectivity index (χ1v) is 2.99. The minimum atomic E-state index is -0.565. The fraction of sp³-hybridized carbons (Fsp3) is 0.333. The van der Waals surface area contributed by atoms with Crippen molar-refractivity contribution in [3.63, 3.8) is 0 Å². The van der Waals surface area contributed by atoms with Crippen molar-refractivity contribution in [1.82, 2.24) is 4.98 Å². The Bertz CT molecular complexity index is 256. The molecule has 5 heteroatoms. The molecule has 11 heavy (non-hydrogen) atoms. The highest BCUT2D eigenvalue weighted by Crippen LogP contribution is 2.11. The van der Waals surface area contributed by atoms with Crippen LogP contribution in [-0.4, -0.2) is 18.2 Å². The number of oxazole rings is 1. The number of nitrogens with one attached hydrogen (secondary N) is 1. The number of carbonyl (C=O) groups excluding carboxylic acids is 1. The molecular formula is C6H8N2O3. The standard InChI is InChI=1S/C6H8N2O3/c1-4-5(11-3-7-4)8-6(9)10-2/h3H,1-2H3,(H,8,9). The molecule has 0 spiro atoms. The second-order valence-electron chi connectivity index (χ2n) is 1.88. The number of methoxy groups -OCH3 is 1. The van der Waals surface area contributed by atoms with Crippen molar-refractivity contribution in [2.75, 3.05) is 12.4 Å². The predicted molar refractivity (Wildman–Crippen MR) is 37.3 cm³/mol. The molecule has 0 saturated carbocycles. The third kappa shape index (κ3) is 1.70. The Kier molecular flexibility index (Phi) is 2.10. The molecule has 0 aliphatic carbocycles. The highest BCUT2D eigenvalue weighted by molar-refractivity contribution is 5.83. The van der Waals surface area contributed by atoms with Crippen LogP contribution in [0.15, 0.2) is 10.8 Å². The maximum Gasteiger partial charge on any atom is 0.413 e. The smallest absolute Gasteiger partial charge is 0.413 e. The molecule has 0 fully saturated rings. The largest absolute Gasteiger partial charge is 0.453 e. The molecule has 1 N–H and O–H groups in total. The van der Waals surface area contributed by atoms with Gasteiger partial charge < -0.3 is 9.15 Å². The number of carbonyl (C=O) groups is 1. The third-order valence-corrected chi connectivity index (χ3v) is 1.15. The van der Waals surface area contributed by atoms with E-state index in [0.29, 0.717) is 11.6 Å². The summed E-state index contributed by atoms with van der Waals surface area (Å²) in [4.78, 5) is 14.4. The lowest BCUT2D eigenvalue weighted by atomic mass is 10.5. The van der Waals surface area contributed by atoms with Gasteiger partial charge in [-0.2, -0.15) is 0 Å². The summed E-state index contributed by atoms with van der Waals surface area (Å²) in [6.45, 7) is 1.72. The Morgan fingerprint density at radius 1 is 1.82 bits per heavy atom. The molecule has 1 heterocycles. The van der Waals surface area contributed by atoms with Gasteiger partial charge in [0.2, 0.25) is 5.88 Å². The minimum Gasteiger partial charge on any atom is -0.453 e. The van der Waals surface area contributed by atoms with Crippen LogP contribution in [0.5, 0.6) is 0 Å². The highest BCUT2D eigenvalue weighted by atomic mass is 16.5. The van der Waals surface area contributed by atoms with Gasteiger partial charge in [0.15, 0.2) is 6.39 Å². The van der Waals surface area contributed by atoms with Crippen LogP contribution in [0, 0.1) is 6.92 Å². The van der Waals surface area contributed by atoms with Gasteiger partial charge in [-0.3, -0.25) is 5.32 Å². The number of anilines is 1. The summed E-state index contributed by atoms with van der Waals surface area (Å²) in [7, 11) is 1.28. The maximum atomic E-state index is 10.6. The van der Waals surface area contributed by atoms with Crippen LogP contribution in [0.4, 0.5) is 10.7 Å². The molecule has 0 aromatic carbocycles. The van der Waals surface area contributed by atoms with Crippen LogP contribution in [0.2, 0.25) is 0 Å². The Morgan fingerprint density at radius 2 is 2.55 bits per heavy atom. The van der Waals surface area contributed by atoms with Crippen molar-refractivity contribution in [2.24, 2.45) is 0 Å². The van der Waals surface area contributed by atoms with E-state index in [1.807, 2.05) is 0 Å². The number of rotatable bonds is 1. The van der Waals surface area contributed by atoms with Crippen molar-refractivity contribution in [2.45, 2.75) is 6.92 Å². The number of hydrogen-bond donors (Lipinski definition) is 1. The summed E-state index contributed by atoms with van der Waals surface area (Å²) in [6, 6.07) is 0. The van der Waals surface area contributed by atoms with Gasteiger partial charge >= 0.3 is 6.09 Å². The van der Waals surface area contributed by atoms with Gasteiger partial charge in [-0.15, -0.1) is 0 Å². The Hall–Kier alpha value is -1.52. The lowest BCUT2D eigenvalue weighted by Crippen LogP contribution is -2.10. The topological polar surface area (TPSA) is 64.4 Å². The maximum absolute atomic E-state index is 10.6. The molecule has 1 aromatic rings. The Labute approximate surface area is 63.4 Å². The summed E-state index contributed by atoms with van der Waals surface area (Å²) in [5, 5.41) is 2.35. The summed E-state index contributed by atoms with van der Waals surface area (Å²) < 4.78 is 9.15. The van der Waals surface area contributed by atoms with Crippen LogP contribution in [0.1, 0.15) is 5.69 Å². The van der Waals surface area contributed by atoms with Crippen molar-refractivity contribution in [3.8, 4) is 0 Å². The van der Waals surface area contributed by atoms with Crippen LogP contribution >= 0.6 is 0 Å². The molecule has 0 aliphatic heterocycles. The van der Waals surface area contributed by atoms with Gasteiger partial charge in [-0.25, -0.2) is 9.78 Å². The number of aromatic nitrogens is 1. The molecule has 0 aliphatic rings. The van der Waals surface area contributed by atoms with Gasteiger partial charge in [-0.05, 0) is 6.92 Å². The van der Waals surface area contributed by atoms with E-state index in [1.165, 1.54) is 13.5 Å². The van der Waals surface area contributed by atoms with Gasteiger partial charge in [0.1, 0.15) is 5.69 Å². The quantitative estimate of drug-likeness (QED) is 0.662. The van der Waals surface area contributed by atoms with E-state index in [1.54, 1.807) is 6.92 Å². The van der Waals surface area contributed by atoms with E-state index in [2.05, 4.69) is 15.0 Å². The SMILES string of the molecule is COC(=O)Nc1ocnc1C. The van der Waals surface area contributed by atoms with Gasteiger partial charge in [0.25, 0.3) is 0 Å². The lowest BCUT2D eigenvalue weighted by Gasteiger charge is -1.98. The summed E-state index contributed by atoms with van der Waals surface area (Å²) >= 11 is 0. The zero-order chi connectivity index (χ0) is 8.27. The van der Waals surface area contributed by atoms with Crippen molar-refractivity contribution >= 4 is 12.0 Å². The number of nitrogens with zero attached hydrogens (tertiary/aromatic N) is 1. The van der Waals surface area contributed by atoms with E-state index < -0.39 is 6.09 Å². The average molecular weight is 156 g/mol. The van der Waals surface area contributed by atoms with Crippen molar-refractivity contribution in [3.05, 3.63) is 12.1 Å². The minimum absolute atomic E-state index is 0.317. The van der Waals surface area contributed by atoms with Crippen LogP contribution in [0.25, 0.3) is 0 Å². The molecule has 0 unspecified atom stereocenters. The van der Waals surface area contributed by atoms with Gasteiger partial charge in [0, 0.05) is 0 Å². The van der Waals surface area contributed by atoms with Gasteiger partial charge in [-0.1, -0.05) is 0 Å².